The summed E-state index contributed by atoms with van der Waals surface area (Å²) >= 11 is 0. The number of amides is 1. The molecule has 1 aromatic heterocycles. The van der Waals surface area contributed by atoms with Crippen LogP contribution in [0.25, 0.3) is 0 Å². The minimum Gasteiger partial charge on any atom is -0.444 e. The maximum Gasteiger partial charge on any atom is 0.407 e. The van der Waals surface area contributed by atoms with Gasteiger partial charge in [0.05, 0.1) is 25.4 Å². The summed E-state index contributed by atoms with van der Waals surface area (Å²) in [6.45, 7) is 12.3. The normalized spacial score (nSPS) is 18.6. The predicted molar refractivity (Wildman–Crippen MR) is 128 cm³/mol. The molecule has 2 atom stereocenters. The minimum absolute atomic E-state index is 0. The van der Waals surface area contributed by atoms with Gasteiger partial charge in [-0.3, -0.25) is 9.67 Å². The first-order valence-electron chi connectivity index (χ1n) is 10.1. The number of morpholine rings is 1. The van der Waals surface area contributed by atoms with Crippen molar-refractivity contribution in [2.75, 3.05) is 33.3 Å². The Balaban J connectivity index is 0.00000450. The summed E-state index contributed by atoms with van der Waals surface area (Å²) in [4.78, 5) is 18.8. The Morgan fingerprint density at radius 1 is 1.43 bits per heavy atom. The number of alkyl carbamates (subject to hydrolysis) is 1. The van der Waals surface area contributed by atoms with E-state index in [1.165, 1.54) is 0 Å². The molecule has 0 aliphatic carbocycles. The molecule has 1 aliphatic rings. The van der Waals surface area contributed by atoms with Gasteiger partial charge in [0.2, 0.25) is 0 Å². The zero-order valence-corrected chi connectivity index (χ0v) is 21.5. The summed E-state index contributed by atoms with van der Waals surface area (Å²) in [6.07, 6.45) is 3.36. The number of aromatic nitrogens is 2. The highest BCUT2D eigenvalue weighted by molar-refractivity contribution is 14.0. The molecule has 2 heterocycles. The zero-order valence-electron chi connectivity index (χ0n) is 19.1. The molecule has 2 unspecified atom stereocenters. The first-order valence-corrected chi connectivity index (χ1v) is 10.1. The summed E-state index contributed by atoms with van der Waals surface area (Å²) in [7, 11) is 3.66. The number of nitrogens with zero attached hydrogens (tertiary/aromatic N) is 4. The summed E-state index contributed by atoms with van der Waals surface area (Å²) in [5.74, 6) is 1.03. The zero-order chi connectivity index (χ0) is 21.6. The van der Waals surface area contributed by atoms with Gasteiger partial charge in [-0.25, -0.2) is 4.79 Å². The molecule has 9 nitrogen and oxygen atoms in total. The van der Waals surface area contributed by atoms with Crippen LogP contribution in [0.3, 0.4) is 0 Å². The smallest absolute Gasteiger partial charge is 0.407 e. The van der Waals surface area contributed by atoms with E-state index in [4.69, 9.17) is 9.47 Å². The molecule has 0 spiro atoms. The van der Waals surface area contributed by atoms with E-state index in [9.17, 15) is 4.79 Å². The predicted octanol–water partition coefficient (Wildman–Crippen LogP) is 2.54. The molecular weight excluding hydrogens is 499 g/mol. The molecule has 0 saturated carbocycles. The van der Waals surface area contributed by atoms with Crippen molar-refractivity contribution in [2.45, 2.75) is 52.4 Å². The Morgan fingerprint density at radius 2 is 2.13 bits per heavy atom. The molecule has 10 heteroatoms. The molecule has 0 radical (unpaired) electrons. The SMILES string of the molecule is CN=C(NCC(NC(=O)OC(C)(C)C)C(C)C)N1CCOC(c2cnn(C)c2)C1.I. The molecule has 172 valence electrons. The second-order valence-corrected chi connectivity index (χ2v) is 8.68. The molecule has 1 fully saturated rings. The Kier molecular flexibility index (Phi) is 10.4. The van der Waals surface area contributed by atoms with Crippen LogP contribution in [-0.2, 0) is 16.5 Å². The number of guanidine groups is 1. The van der Waals surface area contributed by atoms with Crippen molar-refractivity contribution in [2.24, 2.45) is 18.0 Å². The van der Waals surface area contributed by atoms with Crippen LogP contribution >= 0.6 is 24.0 Å². The number of carbonyl (C=O) groups excluding carboxylic acids is 1. The van der Waals surface area contributed by atoms with E-state index in [2.05, 4.69) is 39.5 Å². The van der Waals surface area contributed by atoms with E-state index < -0.39 is 11.7 Å². The van der Waals surface area contributed by atoms with Crippen LogP contribution in [0.1, 0.15) is 46.3 Å². The Bertz CT molecular complexity index is 701. The molecule has 1 amide bonds. The number of aryl methyl sites for hydroxylation is 1. The van der Waals surface area contributed by atoms with Crippen molar-refractivity contribution < 1.29 is 14.3 Å². The Labute approximate surface area is 197 Å². The highest BCUT2D eigenvalue weighted by Gasteiger charge is 2.26. The monoisotopic (exact) mass is 536 g/mol. The van der Waals surface area contributed by atoms with Gasteiger partial charge in [-0.2, -0.15) is 5.10 Å². The largest absolute Gasteiger partial charge is 0.444 e. The van der Waals surface area contributed by atoms with E-state index in [0.717, 1.165) is 18.1 Å². The number of rotatable bonds is 5. The molecule has 0 aromatic carbocycles. The number of halogens is 1. The third-order valence-corrected chi connectivity index (χ3v) is 4.66. The highest BCUT2D eigenvalue weighted by atomic mass is 127. The standard InChI is InChI=1S/C20H36N6O3.HI/c1-14(2)16(24-19(27)29-20(3,4)5)11-22-18(21-6)26-8-9-28-17(13-26)15-10-23-25(7)12-15;/h10,12,14,16-17H,8-9,11,13H2,1-7H3,(H,21,22)(H,24,27);1H. The van der Waals surface area contributed by atoms with E-state index >= 15 is 0 Å². The highest BCUT2D eigenvalue weighted by Crippen LogP contribution is 2.21. The average Bonchev–Trinajstić information content (AvgIpc) is 3.06. The van der Waals surface area contributed by atoms with Gasteiger partial charge in [0.1, 0.15) is 11.7 Å². The lowest BCUT2D eigenvalue weighted by molar-refractivity contribution is -0.00807. The van der Waals surface area contributed by atoms with Crippen molar-refractivity contribution >= 4 is 36.0 Å². The third-order valence-electron chi connectivity index (χ3n) is 4.66. The molecule has 1 aliphatic heterocycles. The van der Waals surface area contributed by atoms with Crippen LogP contribution in [0, 0.1) is 5.92 Å². The number of hydrogen-bond acceptors (Lipinski definition) is 5. The van der Waals surface area contributed by atoms with Crippen LogP contribution in [0.15, 0.2) is 17.4 Å². The molecule has 1 aromatic rings. The second kappa shape index (κ2) is 11.7. The first-order chi connectivity index (χ1) is 13.6. The van der Waals surface area contributed by atoms with Gasteiger partial charge in [0.15, 0.2) is 5.96 Å². The number of nitrogens with one attached hydrogen (secondary N) is 2. The molecular formula is C20H37IN6O3. The van der Waals surface area contributed by atoms with Gasteiger partial charge in [-0.05, 0) is 26.7 Å². The lowest BCUT2D eigenvalue weighted by Gasteiger charge is -2.35. The van der Waals surface area contributed by atoms with Gasteiger partial charge in [0, 0.05) is 38.9 Å². The molecule has 0 bridgehead atoms. The van der Waals surface area contributed by atoms with Crippen LogP contribution in [-0.4, -0.2) is 71.7 Å². The lowest BCUT2D eigenvalue weighted by Crippen LogP contribution is -2.53. The topological polar surface area (TPSA) is 93.0 Å². The number of carbonyl (C=O) groups is 1. The fourth-order valence-corrected chi connectivity index (χ4v) is 3.10. The molecule has 2 rings (SSSR count). The van der Waals surface area contributed by atoms with Crippen LogP contribution in [0.5, 0.6) is 0 Å². The lowest BCUT2D eigenvalue weighted by atomic mass is 10.0. The van der Waals surface area contributed by atoms with Crippen LogP contribution in [0.2, 0.25) is 0 Å². The first kappa shape index (κ1) is 26.5. The van der Waals surface area contributed by atoms with E-state index in [0.29, 0.717) is 19.7 Å². The summed E-state index contributed by atoms with van der Waals surface area (Å²) in [6, 6.07) is -0.0863. The van der Waals surface area contributed by atoms with Crippen LogP contribution in [0.4, 0.5) is 4.79 Å². The van der Waals surface area contributed by atoms with Gasteiger partial charge in [-0.15, -0.1) is 24.0 Å². The molecule has 1 saturated heterocycles. The van der Waals surface area contributed by atoms with E-state index in [-0.39, 0.29) is 42.0 Å². The van der Waals surface area contributed by atoms with E-state index in [1.807, 2.05) is 40.2 Å². The van der Waals surface area contributed by atoms with Gasteiger partial charge in [0.25, 0.3) is 0 Å². The average molecular weight is 536 g/mol. The molecule has 2 N–H and O–H groups in total. The minimum atomic E-state index is -0.524. The van der Waals surface area contributed by atoms with Crippen molar-refractivity contribution in [1.29, 1.82) is 0 Å². The summed E-state index contributed by atoms with van der Waals surface area (Å²) < 4.78 is 13.1. The fraction of sp³-hybridized carbons (Fsp3) is 0.750. The summed E-state index contributed by atoms with van der Waals surface area (Å²) in [5.41, 5.74) is 0.531. The molecule has 30 heavy (non-hydrogen) atoms. The maximum absolute atomic E-state index is 12.2. The number of hydrogen-bond donors (Lipinski definition) is 2. The van der Waals surface area contributed by atoms with Crippen molar-refractivity contribution in [1.82, 2.24) is 25.3 Å². The summed E-state index contributed by atoms with van der Waals surface area (Å²) in [5, 5.41) is 10.6. The number of ether oxygens (including phenoxy) is 2. The quantitative estimate of drug-likeness (QED) is 0.342. The Hall–Kier alpha value is -1.56. The second-order valence-electron chi connectivity index (χ2n) is 8.68. The number of aliphatic imine (C=N–C) groups is 1. The third kappa shape index (κ3) is 8.29. The van der Waals surface area contributed by atoms with Crippen molar-refractivity contribution in [3.8, 4) is 0 Å². The Morgan fingerprint density at radius 3 is 2.67 bits per heavy atom. The van der Waals surface area contributed by atoms with Gasteiger partial charge in [-0.1, -0.05) is 13.8 Å². The maximum atomic E-state index is 12.2. The van der Waals surface area contributed by atoms with E-state index in [1.54, 1.807) is 11.7 Å². The fourth-order valence-electron chi connectivity index (χ4n) is 3.10. The van der Waals surface area contributed by atoms with Gasteiger partial charge < -0.3 is 25.0 Å². The van der Waals surface area contributed by atoms with Crippen molar-refractivity contribution in [3.63, 3.8) is 0 Å². The van der Waals surface area contributed by atoms with Crippen molar-refractivity contribution in [3.05, 3.63) is 18.0 Å². The van der Waals surface area contributed by atoms with Crippen LogP contribution < -0.4 is 10.6 Å². The van der Waals surface area contributed by atoms with Gasteiger partial charge >= 0.3 is 6.09 Å².